The van der Waals surface area contributed by atoms with E-state index in [9.17, 15) is 9.18 Å². The molecule has 1 atom stereocenters. The van der Waals surface area contributed by atoms with Crippen molar-refractivity contribution in [1.29, 1.82) is 0 Å². The second-order valence-corrected chi connectivity index (χ2v) is 8.35. The molecule has 0 radical (unpaired) electrons. The van der Waals surface area contributed by atoms with Gasteiger partial charge in [0.15, 0.2) is 0 Å². The second-order valence-electron chi connectivity index (χ2n) is 7.94. The van der Waals surface area contributed by atoms with E-state index in [-0.39, 0.29) is 11.1 Å². The van der Waals surface area contributed by atoms with Gasteiger partial charge in [-0.3, -0.25) is 9.69 Å². The van der Waals surface area contributed by atoms with E-state index >= 15 is 0 Å². The van der Waals surface area contributed by atoms with Gasteiger partial charge < -0.3 is 20.1 Å². The molecule has 2 heterocycles. The molecule has 4 rings (SSSR count). The summed E-state index contributed by atoms with van der Waals surface area (Å²) in [5, 5.41) is 6.54. The summed E-state index contributed by atoms with van der Waals surface area (Å²) in [6.45, 7) is 1.54. The van der Waals surface area contributed by atoms with Gasteiger partial charge in [-0.2, -0.15) is 0 Å². The molecule has 0 spiro atoms. The van der Waals surface area contributed by atoms with Gasteiger partial charge in [0.2, 0.25) is 0 Å². The van der Waals surface area contributed by atoms with Crippen LogP contribution in [0.1, 0.15) is 6.42 Å². The van der Waals surface area contributed by atoms with E-state index in [1.807, 2.05) is 19.0 Å². The molecular weight excluding hydrogens is 461 g/mol. The highest BCUT2D eigenvalue weighted by atomic mass is 35.5. The number of anilines is 3. The molecule has 2 aromatic carbocycles. The van der Waals surface area contributed by atoms with Crippen LogP contribution in [-0.2, 0) is 9.53 Å². The van der Waals surface area contributed by atoms with E-state index < -0.39 is 11.7 Å². The zero-order valence-electron chi connectivity index (χ0n) is 18.7. The summed E-state index contributed by atoms with van der Waals surface area (Å²) < 4.78 is 25.1. The minimum absolute atomic E-state index is 0.0120. The lowest BCUT2D eigenvalue weighted by Crippen LogP contribution is -2.18. The van der Waals surface area contributed by atoms with Crippen LogP contribution in [0.2, 0.25) is 5.02 Å². The van der Waals surface area contributed by atoms with Crippen LogP contribution < -0.4 is 15.4 Å². The number of nitrogens with zero attached hydrogens (tertiary/aromatic N) is 3. The first-order valence-corrected chi connectivity index (χ1v) is 11.0. The summed E-state index contributed by atoms with van der Waals surface area (Å²) in [6, 6.07) is 7.74. The molecule has 0 aliphatic carbocycles. The number of aromatic nitrogens is 2. The molecule has 10 heteroatoms. The Hall–Kier alpha value is -3.45. The van der Waals surface area contributed by atoms with Crippen LogP contribution in [0.15, 0.2) is 36.7 Å². The quantitative estimate of drug-likeness (QED) is 0.515. The highest BCUT2D eigenvalue weighted by molar-refractivity contribution is 6.31. The highest BCUT2D eigenvalue weighted by Gasteiger charge is 2.21. The molecule has 0 unspecified atom stereocenters. The first-order valence-electron chi connectivity index (χ1n) is 10.6. The Balaban J connectivity index is 1.69. The van der Waals surface area contributed by atoms with Crippen LogP contribution in [0, 0.1) is 17.7 Å². The molecule has 1 saturated heterocycles. The maximum Gasteiger partial charge on any atom is 0.300 e. The summed E-state index contributed by atoms with van der Waals surface area (Å²) in [5.41, 5.74) is 1.57. The van der Waals surface area contributed by atoms with Crippen LogP contribution in [-0.4, -0.2) is 60.7 Å². The summed E-state index contributed by atoms with van der Waals surface area (Å²) in [4.78, 5) is 23.0. The summed E-state index contributed by atoms with van der Waals surface area (Å²) >= 11 is 5.91. The lowest BCUT2D eigenvalue weighted by molar-refractivity contribution is -0.111. The predicted molar refractivity (Wildman–Crippen MR) is 129 cm³/mol. The fourth-order valence-electron chi connectivity index (χ4n) is 3.31. The molecule has 1 aliphatic heterocycles. The highest BCUT2D eigenvalue weighted by Crippen LogP contribution is 2.35. The average molecular weight is 484 g/mol. The lowest BCUT2D eigenvalue weighted by atomic mass is 10.1. The van der Waals surface area contributed by atoms with Crippen LogP contribution in [0.5, 0.6) is 5.75 Å². The fourth-order valence-corrected chi connectivity index (χ4v) is 3.49. The van der Waals surface area contributed by atoms with Crippen molar-refractivity contribution >= 4 is 45.6 Å². The average Bonchev–Trinajstić information content (AvgIpc) is 3.30. The van der Waals surface area contributed by atoms with Crippen molar-refractivity contribution in [2.45, 2.75) is 12.5 Å². The Morgan fingerprint density at radius 2 is 2.18 bits per heavy atom. The molecular formula is C24H23ClFN5O3. The third-order valence-electron chi connectivity index (χ3n) is 4.95. The topological polar surface area (TPSA) is 88.6 Å². The Kier molecular flexibility index (Phi) is 7.43. The smallest absolute Gasteiger partial charge is 0.300 e. The molecule has 3 aromatic rings. The summed E-state index contributed by atoms with van der Waals surface area (Å²) in [6.07, 6.45) is 2.02. The SMILES string of the molecule is CN(C)CC#CC(=O)Nc1cc2c(Nc3ccc(F)c(Cl)c3)ncnc2cc1O[C@H]1CCOC1. The Bertz CT molecular complexity index is 1270. The lowest BCUT2D eigenvalue weighted by Gasteiger charge is -2.17. The Labute approximate surface area is 201 Å². The molecule has 1 aromatic heterocycles. The van der Waals surface area contributed by atoms with Crippen LogP contribution in [0.3, 0.4) is 0 Å². The zero-order valence-corrected chi connectivity index (χ0v) is 19.4. The predicted octanol–water partition coefficient (Wildman–Crippen LogP) is 3.84. The van der Waals surface area contributed by atoms with Gasteiger partial charge in [-0.05, 0) is 44.3 Å². The van der Waals surface area contributed by atoms with Gasteiger partial charge in [-0.1, -0.05) is 17.5 Å². The molecule has 8 nitrogen and oxygen atoms in total. The first-order chi connectivity index (χ1) is 16.4. The third-order valence-corrected chi connectivity index (χ3v) is 5.24. The van der Waals surface area contributed by atoms with Crippen molar-refractivity contribution in [2.24, 2.45) is 0 Å². The largest absolute Gasteiger partial charge is 0.486 e. The zero-order chi connectivity index (χ0) is 24.1. The number of hydrogen-bond acceptors (Lipinski definition) is 7. The number of nitrogens with one attached hydrogen (secondary N) is 2. The van der Waals surface area contributed by atoms with Gasteiger partial charge in [-0.25, -0.2) is 14.4 Å². The van der Waals surface area contributed by atoms with Crippen molar-refractivity contribution in [1.82, 2.24) is 14.9 Å². The van der Waals surface area contributed by atoms with E-state index in [1.165, 1.54) is 18.5 Å². The van der Waals surface area contributed by atoms with Gasteiger partial charge in [0, 0.05) is 23.6 Å². The third kappa shape index (κ3) is 5.91. The normalized spacial score (nSPS) is 15.1. The van der Waals surface area contributed by atoms with Crippen LogP contribution in [0.25, 0.3) is 10.9 Å². The standard InChI is InChI=1S/C24H23ClFN5O3/c1-31(2)8-3-4-23(32)30-21-11-17-20(12-22(21)34-16-7-9-33-13-16)27-14-28-24(17)29-15-5-6-19(26)18(25)10-15/h5-6,10-12,14,16H,7-9,13H2,1-2H3,(H,30,32)(H,27,28,29)/t16-/m0/s1. The number of carbonyl (C=O) groups excluding carboxylic acids is 1. The minimum atomic E-state index is -0.516. The summed E-state index contributed by atoms with van der Waals surface area (Å²) in [7, 11) is 3.74. The molecule has 1 fully saturated rings. The number of benzene rings is 2. The van der Waals surface area contributed by atoms with Crippen molar-refractivity contribution in [3.8, 4) is 17.6 Å². The maximum absolute atomic E-state index is 13.5. The maximum atomic E-state index is 13.5. The van der Waals surface area contributed by atoms with E-state index in [4.69, 9.17) is 21.1 Å². The minimum Gasteiger partial charge on any atom is -0.486 e. The monoisotopic (exact) mass is 483 g/mol. The Morgan fingerprint density at radius 1 is 1.32 bits per heavy atom. The molecule has 1 amide bonds. The van der Waals surface area contributed by atoms with Gasteiger partial charge in [-0.15, -0.1) is 0 Å². The number of ether oxygens (including phenoxy) is 2. The van der Waals surface area contributed by atoms with Gasteiger partial charge in [0.1, 0.15) is 29.8 Å². The molecule has 2 N–H and O–H groups in total. The van der Waals surface area contributed by atoms with E-state index in [0.717, 1.165) is 6.42 Å². The summed E-state index contributed by atoms with van der Waals surface area (Å²) in [5.74, 6) is 5.32. The van der Waals surface area contributed by atoms with Gasteiger partial charge in [0.05, 0.1) is 36.0 Å². The van der Waals surface area contributed by atoms with Gasteiger partial charge >= 0.3 is 0 Å². The molecule has 34 heavy (non-hydrogen) atoms. The molecule has 1 aliphatic rings. The number of halogens is 2. The number of fused-ring (bicyclic) bond motifs is 1. The molecule has 0 saturated carbocycles. The van der Waals surface area contributed by atoms with E-state index in [2.05, 4.69) is 32.4 Å². The number of rotatable bonds is 6. The van der Waals surface area contributed by atoms with Crippen molar-refractivity contribution < 1.29 is 18.7 Å². The second kappa shape index (κ2) is 10.7. The Morgan fingerprint density at radius 3 is 2.91 bits per heavy atom. The van der Waals surface area contributed by atoms with Crippen molar-refractivity contribution in [3.05, 3.63) is 47.5 Å². The van der Waals surface area contributed by atoms with Crippen molar-refractivity contribution in [2.75, 3.05) is 44.5 Å². The van der Waals surface area contributed by atoms with E-state index in [1.54, 1.807) is 18.2 Å². The van der Waals surface area contributed by atoms with Crippen LogP contribution >= 0.6 is 11.6 Å². The number of hydrogen-bond donors (Lipinski definition) is 2. The van der Waals surface area contributed by atoms with Gasteiger partial charge in [0.25, 0.3) is 5.91 Å². The van der Waals surface area contributed by atoms with Crippen LogP contribution in [0.4, 0.5) is 21.6 Å². The van der Waals surface area contributed by atoms with Crippen molar-refractivity contribution in [3.63, 3.8) is 0 Å². The fraction of sp³-hybridized carbons (Fsp3) is 0.292. The molecule has 0 bridgehead atoms. The number of carbonyl (C=O) groups is 1. The molecule has 176 valence electrons. The first kappa shape index (κ1) is 23.7. The number of amides is 1. The van der Waals surface area contributed by atoms with E-state index in [0.29, 0.717) is 53.6 Å².